The maximum absolute atomic E-state index is 13.4. The number of carbonyl (C=O) groups excluding carboxylic acids is 1. The highest BCUT2D eigenvalue weighted by atomic mass is 35.5. The van der Waals surface area contributed by atoms with Crippen LogP contribution in [0, 0.1) is 13.8 Å². The van der Waals surface area contributed by atoms with E-state index in [-0.39, 0.29) is 27.5 Å². The Kier molecular flexibility index (Phi) is 6.45. The molecule has 3 aromatic carbocycles. The number of Topliss-reactive ketones (excluding diaryl/α,β-unsaturated/α-hetero) is 1. The molecule has 0 fully saturated rings. The van der Waals surface area contributed by atoms with Gasteiger partial charge < -0.3 is 13.9 Å². The molecule has 1 heterocycles. The van der Waals surface area contributed by atoms with Crippen LogP contribution in [-0.4, -0.2) is 19.5 Å². The number of aryl methyl sites for hydroxylation is 2. The first-order chi connectivity index (χ1) is 15.8. The number of ketones is 1. The highest BCUT2D eigenvalue weighted by molar-refractivity contribution is 6.36. The van der Waals surface area contributed by atoms with Crippen molar-refractivity contribution in [3.05, 3.63) is 91.6 Å². The summed E-state index contributed by atoms with van der Waals surface area (Å²) in [5.74, 6) is 0.453. The fourth-order valence-corrected chi connectivity index (χ4v) is 4.14. The van der Waals surface area contributed by atoms with Crippen LogP contribution in [0.1, 0.15) is 21.5 Å². The number of carbonyl (C=O) groups is 1. The molecule has 33 heavy (non-hydrogen) atoms. The molecule has 0 aliphatic rings. The standard InChI is InChI=1S/C26H20Cl2O5/c1-14-10-15(2)24-20(11-14)23(30)26(25(33-24)16-4-7-18(31-3)8-5-16)32-13-22(29)19-9-6-17(27)12-21(19)28/h4-12H,13H2,1-3H3. The molecule has 4 aromatic rings. The van der Waals surface area contributed by atoms with Gasteiger partial charge in [0.1, 0.15) is 11.3 Å². The SMILES string of the molecule is COc1ccc(-c2oc3c(C)cc(C)cc3c(=O)c2OCC(=O)c2ccc(Cl)cc2Cl)cc1. The van der Waals surface area contributed by atoms with Gasteiger partial charge in [-0.05, 0) is 73.5 Å². The Balaban J connectivity index is 1.81. The second kappa shape index (κ2) is 9.30. The first-order valence-corrected chi connectivity index (χ1v) is 10.9. The monoisotopic (exact) mass is 482 g/mol. The minimum Gasteiger partial charge on any atom is -0.497 e. The molecule has 0 aliphatic carbocycles. The van der Waals surface area contributed by atoms with E-state index in [0.717, 1.165) is 11.1 Å². The van der Waals surface area contributed by atoms with E-state index < -0.39 is 12.4 Å². The van der Waals surface area contributed by atoms with Crippen molar-refractivity contribution in [2.75, 3.05) is 13.7 Å². The van der Waals surface area contributed by atoms with Gasteiger partial charge in [-0.25, -0.2) is 0 Å². The fraction of sp³-hybridized carbons (Fsp3) is 0.154. The van der Waals surface area contributed by atoms with Crippen molar-refractivity contribution in [2.45, 2.75) is 13.8 Å². The molecule has 1 aromatic heterocycles. The molecule has 168 valence electrons. The summed E-state index contributed by atoms with van der Waals surface area (Å²) in [6.07, 6.45) is 0. The van der Waals surface area contributed by atoms with Crippen molar-refractivity contribution >= 4 is 40.0 Å². The van der Waals surface area contributed by atoms with Crippen LogP contribution in [0.15, 0.2) is 63.8 Å². The van der Waals surface area contributed by atoms with Crippen molar-refractivity contribution in [3.63, 3.8) is 0 Å². The van der Waals surface area contributed by atoms with E-state index in [1.54, 1.807) is 43.5 Å². The van der Waals surface area contributed by atoms with Gasteiger partial charge in [-0.2, -0.15) is 0 Å². The van der Waals surface area contributed by atoms with Gasteiger partial charge in [0, 0.05) is 16.1 Å². The van der Waals surface area contributed by atoms with Crippen LogP contribution >= 0.6 is 23.2 Å². The summed E-state index contributed by atoms with van der Waals surface area (Å²) in [6.45, 7) is 3.38. The third-order valence-electron chi connectivity index (χ3n) is 5.21. The molecule has 0 spiro atoms. The Bertz CT molecular complexity index is 1420. The van der Waals surface area contributed by atoms with Gasteiger partial charge in [0.25, 0.3) is 0 Å². The van der Waals surface area contributed by atoms with E-state index in [4.69, 9.17) is 37.1 Å². The number of benzene rings is 3. The molecule has 0 unspecified atom stereocenters. The highest BCUT2D eigenvalue weighted by Gasteiger charge is 2.21. The van der Waals surface area contributed by atoms with Gasteiger partial charge in [-0.1, -0.05) is 29.3 Å². The maximum atomic E-state index is 13.4. The van der Waals surface area contributed by atoms with Crippen molar-refractivity contribution in [1.29, 1.82) is 0 Å². The van der Waals surface area contributed by atoms with E-state index in [1.165, 1.54) is 12.1 Å². The number of ether oxygens (including phenoxy) is 2. The summed E-state index contributed by atoms with van der Waals surface area (Å²) in [5, 5.41) is 1.01. The highest BCUT2D eigenvalue weighted by Crippen LogP contribution is 2.33. The molecule has 5 nitrogen and oxygen atoms in total. The minimum atomic E-state index is -0.397. The lowest BCUT2D eigenvalue weighted by molar-refractivity contribution is 0.0920. The zero-order valence-electron chi connectivity index (χ0n) is 18.2. The molecule has 4 rings (SSSR count). The smallest absolute Gasteiger partial charge is 0.235 e. The van der Waals surface area contributed by atoms with Crippen LogP contribution < -0.4 is 14.9 Å². The van der Waals surface area contributed by atoms with Gasteiger partial charge in [0.05, 0.1) is 17.5 Å². The number of hydrogen-bond donors (Lipinski definition) is 0. The quantitative estimate of drug-likeness (QED) is 0.287. The zero-order valence-corrected chi connectivity index (χ0v) is 19.7. The van der Waals surface area contributed by atoms with Crippen molar-refractivity contribution in [1.82, 2.24) is 0 Å². The number of rotatable bonds is 6. The molecule has 0 aliphatic heterocycles. The molecular weight excluding hydrogens is 463 g/mol. The Labute approximate surface area is 200 Å². The van der Waals surface area contributed by atoms with Gasteiger partial charge in [0.15, 0.2) is 12.4 Å². The number of hydrogen-bond acceptors (Lipinski definition) is 5. The second-order valence-electron chi connectivity index (χ2n) is 7.61. The molecule has 0 amide bonds. The lowest BCUT2D eigenvalue weighted by Gasteiger charge is -2.13. The van der Waals surface area contributed by atoms with Gasteiger partial charge in [-0.15, -0.1) is 0 Å². The van der Waals surface area contributed by atoms with Crippen LogP contribution in [0.25, 0.3) is 22.3 Å². The van der Waals surface area contributed by atoms with E-state index >= 15 is 0 Å². The lowest BCUT2D eigenvalue weighted by atomic mass is 10.1. The Morgan fingerprint density at radius 1 is 1.00 bits per heavy atom. The maximum Gasteiger partial charge on any atom is 0.235 e. The number of methoxy groups -OCH3 is 1. The lowest BCUT2D eigenvalue weighted by Crippen LogP contribution is -2.17. The zero-order chi connectivity index (χ0) is 23.7. The van der Waals surface area contributed by atoms with Gasteiger partial charge in [-0.3, -0.25) is 9.59 Å². The van der Waals surface area contributed by atoms with Crippen LogP contribution in [-0.2, 0) is 0 Å². The summed E-state index contributed by atoms with van der Waals surface area (Å²) in [7, 11) is 1.57. The fourth-order valence-electron chi connectivity index (χ4n) is 3.63. The third kappa shape index (κ3) is 4.61. The van der Waals surface area contributed by atoms with Crippen LogP contribution in [0.2, 0.25) is 10.0 Å². The average molecular weight is 483 g/mol. The molecule has 7 heteroatoms. The summed E-state index contributed by atoms with van der Waals surface area (Å²) < 4.78 is 17.2. The molecule has 0 N–H and O–H groups in total. The predicted molar refractivity (Wildman–Crippen MR) is 130 cm³/mol. The van der Waals surface area contributed by atoms with Crippen molar-refractivity contribution in [2.24, 2.45) is 0 Å². The molecular formula is C26H20Cl2O5. The van der Waals surface area contributed by atoms with Crippen LogP contribution in [0.4, 0.5) is 0 Å². The van der Waals surface area contributed by atoms with Crippen LogP contribution in [0.5, 0.6) is 11.5 Å². The van der Waals surface area contributed by atoms with E-state index in [2.05, 4.69) is 0 Å². The molecule has 0 saturated carbocycles. The van der Waals surface area contributed by atoms with Crippen molar-refractivity contribution in [3.8, 4) is 22.8 Å². The number of halogens is 2. The van der Waals surface area contributed by atoms with E-state index in [1.807, 2.05) is 19.9 Å². The Hall–Kier alpha value is -3.28. The minimum absolute atomic E-state index is 0.0453. The predicted octanol–water partition coefficient (Wildman–Crippen LogP) is 6.65. The average Bonchev–Trinajstić information content (AvgIpc) is 2.78. The molecule has 0 atom stereocenters. The van der Waals surface area contributed by atoms with Crippen LogP contribution in [0.3, 0.4) is 0 Å². The summed E-state index contributed by atoms with van der Waals surface area (Å²) in [4.78, 5) is 26.2. The van der Waals surface area contributed by atoms with Gasteiger partial charge >= 0.3 is 0 Å². The Morgan fingerprint density at radius 3 is 2.39 bits per heavy atom. The largest absolute Gasteiger partial charge is 0.497 e. The Morgan fingerprint density at radius 2 is 1.73 bits per heavy atom. The summed E-state index contributed by atoms with van der Waals surface area (Å²) >= 11 is 12.1. The number of fused-ring (bicyclic) bond motifs is 1. The third-order valence-corrected chi connectivity index (χ3v) is 5.76. The summed E-state index contributed by atoms with van der Waals surface area (Å²) in [6, 6.07) is 15.3. The molecule has 0 saturated heterocycles. The first-order valence-electron chi connectivity index (χ1n) is 10.1. The second-order valence-corrected chi connectivity index (χ2v) is 8.46. The van der Waals surface area contributed by atoms with E-state index in [9.17, 15) is 9.59 Å². The topological polar surface area (TPSA) is 65.7 Å². The van der Waals surface area contributed by atoms with E-state index in [0.29, 0.717) is 27.3 Å². The first kappa shape index (κ1) is 22.9. The van der Waals surface area contributed by atoms with Crippen molar-refractivity contribution < 1.29 is 18.7 Å². The molecule has 0 radical (unpaired) electrons. The van der Waals surface area contributed by atoms with Gasteiger partial charge in [0.2, 0.25) is 17.0 Å². The normalized spacial score (nSPS) is 10.9. The summed E-state index contributed by atoms with van der Waals surface area (Å²) in [5.41, 5.74) is 2.72. The molecule has 0 bridgehead atoms.